The van der Waals surface area contributed by atoms with Crippen LogP contribution in [0.2, 0.25) is 0 Å². The maximum atomic E-state index is 12.2. The van der Waals surface area contributed by atoms with Crippen LogP contribution in [0.25, 0.3) is 0 Å². The highest BCUT2D eigenvalue weighted by molar-refractivity contribution is 5.92. The number of hydrogen-bond acceptors (Lipinski definition) is 6. The van der Waals surface area contributed by atoms with Crippen LogP contribution in [0.1, 0.15) is 47.8 Å². The molecule has 8 nitrogen and oxygen atoms in total. The van der Waals surface area contributed by atoms with Gasteiger partial charge in [-0.2, -0.15) is 4.98 Å². The number of aromatic nitrogens is 2. The van der Waals surface area contributed by atoms with Gasteiger partial charge in [-0.05, 0) is 49.9 Å². The third-order valence-corrected chi connectivity index (χ3v) is 4.53. The molecule has 1 fully saturated rings. The van der Waals surface area contributed by atoms with Crippen molar-refractivity contribution < 1.29 is 18.8 Å². The van der Waals surface area contributed by atoms with E-state index in [4.69, 9.17) is 9.26 Å². The highest BCUT2D eigenvalue weighted by Crippen LogP contribution is 2.22. The van der Waals surface area contributed by atoms with Gasteiger partial charge in [0.15, 0.2) is 5.82 Å². The number of nitrogens with zero attached hydrogens (tertiary/aromatic N) is 3. The lowest BCUT2D eigenvalue weighted by Gasteiger charge is -2.17. The van der Waals surface area contributed by atoms with Gasteiger partial charge in [-0.15, -0.1) is 0 Å². The molecule has 1 N–H and O–H groups in total. The van der Waals surface area contributed by atoms with E-state index in [0.29, 0.717) is 35.9 Å². The van der Waals surface area contributed by atoms with Crippen LogP contribution in [0.15, 0.2) is 28.8 Å². The summed E-state index contributed by atoms with van der Waals surface area (Å²) >= 11 is 0. The molecular weight excluding hydrogens is 348 g/mol. The van der Waals surface area contributed by atoms with Crippen molar-refractivity contribution in [3.63, 3.8) is 0 Å². The molecular formula is C19H24N4O4. The third-order valence-electron chi connectivity index (χ3n) is 4.53. The zero-order valence-electron chi connectivity index (χ0n) is 15.6. The summed E-state index contributed by atoms with van der Waals surface area (Å²) in [5.41, 5.74) is 1.10. The second-order valence-electron chi connectivity index (χ2n) is 6.72. The number of likely N-dealkylation sites (N-methyl/N-ethyl adjacent to an activating group) is 1. The number of anilines is 1. The predicted octanol–water partition coefficient (Wildman–Crippen LogP) is 3.18. The number of amides is 2. The first-order chi connectivity index (χ1) is 13.0. The number of aryl methyl sites for hydroxylation is 1. The van der Waals surface area contributed by atoms with Gasteiger partial charge >= 0.3 is 12.0 Å². The van der Waals surface area contributed by atoms with E-state index < -0.39 is 0 Å². The Morgan fingerprint density at radius 2 is 1.96 bits per heavy atom. The highest BCUT2D eigenvalue weighted by atomic mass is 16.5. The normalized spacial score (nSPS) is 14.1. The standard InChI is InChI=1S/C19H24N4O4/c1-13-20-17(22-27-13)11-12-23(2)19(25)21-15-9-7-14(8-10-15)18(24)26-16-5-3-4-6-16/h7-10,16H,3-6,11-12H2,1-2H3,(H,21,25). The minimum Gasteiger partial charge on any atom is -0.459 e. The van der Waals surface area contributed by atoms with E-state index in [2.05, 4.69) is 15.5 Å². The van der Waals surface area contributed by atoms with Crippen LogP contribution in [-0.4, -0.2) is 46.7 Å². The van der Waals surface area contributed by atoms with Gasteiger partial charge in [0.2, 0.25) is 5.89 Å². The van der Waals surface area contributed by atoms with Crippen molar-refractivity contribution >= 4 is 17.7 Å². The minimum atomic E-state index is -0.313. The molecule has 0 bridgehead atoms. The van der Waals surface area contributed by atoms with Crippen molar-refractivity contribution in [1.29, 1.82) is 0 Å². The Balaban J connectivity index is 1.47. The quantitative estimate of drug-likeness (QED) is 0.782. The molecule has 1 aliphatic rings. The van der Waals surface area contributed by atoms with Crippen LogP contribution in [0, 0.1) is 6.92 Å². The lowest BCUT2D eigenvalue weighted by molar-refractivity contribution is 0.0318. The summed E-state index contributed by atoms with van der Waals surface area (Å²) in [5, 5.41) is 6.60. The molecule has 0 saturated heterocycles. The molecule has 2 amide bonds. The van der Waals surface area contributed by atoms with Gasteiger partial charge in [0.05, 0.1) is 5.56 Å². The van der Waals surface area contributed by atoms with Crippen molar-refractivity contribution in [2.75, 3.05) is 18.9 Å². The van der Waals surface area contributed by atoms with Crippen LogP contribution in [-0.2, 0) is 11.2 Å². The van der Waals surface area contributed by atoms with E-state index >= 15 is 0 Å². The van der Waals surface area contributed by atoms with Gasteiger partial charge in [-0.25, -0.2) is 9.59 Å². The average molecular weight is 372 g/mol. The molecule has 0 radical (unpaired) electrons. The van der Waals surface area contributed by atoms with Gasteiger partial charge in [-0.1, -0.05) is 5.16 Å². The number of benzene rings is 1. The fourth-order valence-electron chi connectivity index (χ4n) is 2.95. The summed E-state index contributed by atoms with van der Waals surface area (Å²) in [5.74, 6) is 0.758. The number of urea groups is 1. The van der Waals surface area contributed by atoms with Crippen molar-refractivity contribution in [2.24, 2.45) is 0 Å². The van der Waals surface area contributed by atoms with Gasteiger partial charge in [-0.3, -0.25) is 0 Å². The number of ether oxygens (including phenoxy) is 1. The number of esters is 1. The summed E-state index contributed by atoms with van der Waals surface area (Å²) in [7, 11) is 1.69. The predicted molar refractivity (Wildman–Crippen MR) is 98.5 cm³/mol. The number of rotatable bonds is 6. The molecule has 1 aromatic heterocycles. The fraction of sp³-hybridized carbons (Fsp3) is 0.474. The lowest BCUT2D eigenvalue weighted by Crippen LogP contribution is -2.33. The molecule has 0 unspecified atom stereocenters. The molecule has 1 heterocycles. The highest BCUT2D eigenvalue weighted by Gasteiger charge is 2.20. The number of hydrogen-bond donors (Lipinski definition) is 1. The molecule has 2 aromatic rings. The van der Waals surface area contributed by atoms with Crippen LogP contribution >= 0.6 is 0 Å². The van der Waals surface area contributed by atoms with Gasteiger partial charge in [0.1, 0.15) is 6.10 Å². The van der Waals surface area contributed by atoms with Crippen molar-refractivity contribution in [3.05, 3.63) is 41.5 Å². The van der Waals surface area contributed by atoms with Crippen molar-refractivity contribution in [3.8, 4) is 0 Å². The summed E-state index contributed by atoms with van der Waals surface area (Å²) in [6.07, 6.45) is 4.65. The van der Waals surface area contributed by atoms with Gasteiger partial charge in [0.25, 0.3) is 0 Å². The van der Waals surface area contributed by atoms with Crippen LogP contribution in [0.4, 0.5) is 10.5 Å². The molecule has 0 atom stereocenters. The van der Waals surface area contributed by atoms with E-state index in [1.807, 2.05) is 0 Å². The molecule has 8 heteroatoms. The van der Waals surface area contributed by atoms with Crippen LogP contribution in [0.3, 0.4) is 0 Å². The Morgan fingerprint density at radius 3 is 2.59 bits per heavy atom. The van der Waals surface area contributed by atoms with E-state index in [1.165, 1.54) is 4.90 Å². The SMILES string of the molecule is Cc1nc(CCN(C)C(=O)Nc2ccc(C(=O)OC3CCCC3)cc2)no1. The minimum absolute atomic E-state index is 0.0357. The van der Waals surface area contributed by atoms with E-state index in [0.717, 1.165) is 25.7 Å². The molecule has 27 heavy (non-hydrogen) atoms. The third kappa shape index (κ3) is 5.29. The van der Waals surface area contributed by atoms with E-state index in [-0.39, 0.29) is 18.1 Å². The Morgan fingerprint density at radius 1 is 1.26 bits per heavy atom. The monoisotopic (exact) mass is 372 g/mol. The topological polar surface area (TPSA) is 97.6 Å². The number of nitrogens with one attached hydrogen (secondary N) is 1. The summed E-state index contributed by atoms with van der Waals surface area (Å²) in [6.45, 7) is 2.18. The maximum Gasteiger partial charge on any atom is 0.338 e. The maximum absolute atomic E-state index is 12.2. The fourth-order valence-corrected chi connectivity index (χ4v) is 2.95. The number of carbonyl (C=O) groups excluding carboxylic acids is 2. The first-order valence-electron chi connectivity index (χ1n) is 9.13. The zero-order chi connectivity index (χ0) is 19.2. The second-order valence-corrected chi connectivity index (χ2v) is 6.72. The number of carbonyl (C=O) groups is 2. The largest absolute Gasteiger partial charge is 0.459 e. The summed E-state index contributed by atoms with van der Waals surface area (Å²) in [4.78, 5) is 30.0. The van der Waals surface area contributed by atoms with E-state index in [9.17, 15) is 9.59 Å². The Labute approximate surface area is 157 Å². The molecule has 3 rings (SSSR count). The van der Waals surface area contributed by atoms with Crippen molar-refractivity contribution in [2.45, 2.75) is 45.1 Å². The first-order valence-corrected chi connectivity index (χ1v) is 9.13. The average Bonchev–Trinajstić information content (AvgIpc) is 3.31. The Bertz CT molecular complexity index is 781. The van der Waals surface area contributed by atoms with Crippen LogP contribution < -0.4 is 5.32 Å². The van der Waals surface area contributed by atoms with Crippen molar-refractivity contribution in [1.82, 2.24) is 15.0 Å². The second kappa shape index (κ2) is 8.66. The van der Waals surface area contributed by atoms with Crippen LogP contribution in [0.5, 0.6) is 0 Å². The van der Waals surface area contributed by atoms with E-state index in [1.54, 1.807) is 38.2 Å². The molecule has 1 saturated carbocycles. The molecule has 0 spiro atoms. The smallest absolute Gasteiger partial charge is 0.338 e. The molecule has 1 aliphatic carbocycles. The Kier molecular flexibility index (Phi) is 6.05. The molecule has 144 valence electrons. The zero-order valence-corrected chi connectivity index (χ0v) is 15.6. The summed E-state index contributed by atoms with van der Waals surface area (Å²) < 4.78 is 10.4. The van der Waals surface area contributed by atoms with Gasteiger partial charge < -0.3 is 19.5 Å². The Hall–Kier alpha value is -2.90. The molecule has 0 aliphatic heterocycles. The molecule has 1 aromatic carbocycles. The first kappa shape index (κ1) is 18.9. The van der Waals surface area contributed by atoms with Gasteiger partial charge in [0, 0.05) is 32.6 Å². The summed E-state index contributed by atoms with van der Waals surface area (Å²) in [6, 6.07) is 6.46. The lowest BCUT2D eigenvalue weighted by atomic mass is 10.2.